The van der Waals surface area contributed by atoms with Gasteiger partial charge in [-0.05, 0) is 63.5 Å². The van der Waals surface area contributed by atoms with Crippen LogP contribution in [-0.2, 0) is 0 Å². The molecule has 0 aliphatic rings. The number of aromatic carboxylic acids is 2. The Labute approximate surface area is 394 Å². The summed E-state index contributed by atoms with van der Waals surface area (Å²) in [5.74, 6) is -2.52. The smallest absolute Gasteiger partial charge is 0.0726 e. The van der Waals surface area contributed by atoms with Crippen molar-refractivity contribution in [1.82, 2.24) is 0 Å². The van der Waals surface area contributed by atoms with Crippen LogP contribution in [0.4, 0.5) is 0 Å². The highest BCUT2D eigenvalue weighted by atomic mass is 33.1. The third kappa shape index (κ3) is 29.5. The van der Waals surface area contributed by atoms with Gasteiger partial charge in [0.1, 0.15) is 0 Å². The van der Waals surface area contributed by atoms with Gasteiger partial charge in [-0.1, -0.05) is 216 Å². The average molecular weight is 935 g/mol. The summed E-state index contributed by atoms with van der Waals surface area (Å²) in [6.07, 6.45) is 48.0. The van der Waals surface area contributed by atoms with Gasteiger partial charge in [-0.2, -0.15) is 0 Å². The number of hydrogen-bond acceptors (Lipinski definition) is 6. The maximum Gasteiger partial charge on any atom is 0.0726 e. The fourth-order valence-corrected chi connectivity index (χ4v) is 20.6. The van der Waals surface area contributed by atoms with Gasteiger partial charge in [-0.3, -0.25) is 0 Å². The van der Waals surface area contributed by atoms with Crippen molar-refractivity contribution >= 4 is 48.1 Å². The number of rotatable bonds is 37. The number of carbonyl (C=O) groups is 2. The highest BCUT2D eigenvalue weighted by Crippen LogP contribution is 2.62. The fourth-order valence-electron chi connectivity index (χ4n) is 8.43. The van der Waals surface area contributed by atoms with E-state index >= 15 is 0 Å². The second-order valence-corrected chi connectivity index (χ2v) is 29.0. The first kappa shape index (κ1) is 60.9. The number of carbonyl (C=O) groups excluding carboxylic acids is 2. The van der Waals surface area contributed by atoms with Crippen LogP contribution >= 0.6 is 36.1 Å². The van der Waals surface area contributed by atoms with Crippen LogP contribution in [0.3, 0.4) is 0 Å². The van der Waals surface area contributed by atoms with E-state index in [1.54, 1.807) is 85.7 Å². The summed E-state index contributed by atoms with van der Waals surface area (Å²) in [7, 11) is 1.10. The van der Waals surface area contributed by atoms with Crippen LogP contribution in [-0.4, -0.2) is 61.2 Å². The zero-order valence-corrected chi connectivity index (χ0v) is 45.0. The second kappa shape index (κ2) is 41.4. The summed E-state index contributed by atoms with van der Waals surface area (Å²) < 4.78 is 0. The molecule has 0 N–H and O–H groups in total. The summed E-state index contributed by atoms with van der Waals surface area (Å²) in [5, 5.41) is 21.9. The Balaban J connectivity index is 0.000000900. The lowest BCUT2D eigenvalue weighted by atomic mass is 10.2. The van der Waals surface area contributed by atoms with E-state index < -0.39 is 26.5 Å². The van der Waals surface area contributed by atoms with Crippen molar-refractivity contribution < 1.29 is 19.8 Å². The molecule has 0 aromatic heterocycles. The summed E-state index contributed by atoms with van der Waals surface area (Å²) in [6.45, 7) is 18.8. The minimum Gasteiger partial charge on any atom is -0.545 e. The first-order valence-corrected chi connectivity index (χ1v) is 32.9. The van der Waals surface area contributed by atoms with Crippen molar-refractivity contribution in [2.45, 2.75) is 219 Å². The molecule has 358 valence electrons. The lowest BCUT2D eigenvalue weighted by Gasteiger charge is -2.28. The van der Waals surface area contributed by atoms with Crippen LogP contribution < -0.4 is 10.2 Å². The van der Waals surface area contributed by atoms with Crippen molar-refractivity contribution in [2.75, 3.05) is 49.3 Å². The van der Waals surface area contributed by atoms with E-state index in [1.807, 2.05) is 0 Å². The van der Waals surface area contributed by atoms with Crippen molar-refractivity contribution in [3.05, 3.63) is 59.7 Å². The quantitative estimate of drug-likeness (QED) is 0.0381. The molecule has 0 atom stereocenters. The van der Waals surface area contributed by atoms with Crippen LogP contribution in [0.2, 0.25) is 0 Å². The van der Waals surface area contributed by atoms with Crippen molar-refractivity contribution in [2.24, 2.45) is 0 Å². The molecule has 62 heavy (non-hydrogen) atoms. The van der Waals surface area contributed by atoms with E-state index in [4.69, 9.17) is 0 Å². The molecule has 4 nitrogen and oxygen atoms in total. The molecule has 0 bridgehead atoms. The van der Waals surface area contributed by atoms with Gasteiger partial charge in [0.25, 0.3) is 0 Å². The normalized spacial score (nSPS) is 11.4. The largest absolute Gasteiger partial charge is 0.545 e. The standard InChI is InChI=1S/2C20H44P.C14H10O4S2/c2*1-5-9-13-17-21(18-14-10-6-2,19-15-11-7-3)20-16-12-8-4;15-13(16)9-5-1-3-7-11(9)19-20-12-8-4-2-6-10(12)14(17)18/h2*5-20H2,1-4H3;1-8H,(H,15,16)(H,17,18)/q2*+1;/p-2. The molecule has 0 spiro atoms. The third-order valence-electron chi connectivity index (χ3n) is 12.3. The Morgan fingerprint density at radius 3 is 0.726 bits per heavy atom. The molecule has 0 radical (unpaired) electrons. The molecule has 2 aromatic carbocycles. The van der Waals surface area contributed by atoms with Gasteiger partial charge in [-0.25, -0.2) is 0 Å². The number of hydrogen-bond donors (Lipinski definition) is 0. The SMILES string of the molecule is CCCCC[P+](CCCCC)(CCCCC)CCCCC.CCCCC[P+](CCCCC)(CCCCC)CCCCC.O=C([O-])c1ccccc1SSc1ccccc1C(=O)[O-]. The molecule has 0 heterocycles. The Bertz CT molecular complexity index is 1160. The molecule has 0 fully saturated rings. The monoisotopic (exact) mass is 935 g/mol. The molecule has 0 saturated carbocycles. The summed E-state index contributed by atoms with van der Waals surface area (Å²) >= 11 is 0. The highest BCUT2D eigenvalue weighted by Gasteiger charge is 2.36. The van der Waals surface area contributed by atoms with E-state index in [2.05, 4.69) is 55.4 Å². The first-order chi connectivity index (χ1) is 30.1. The maximum absolute atomic E-state index is 11.0. The van der Waals surface area contributed by atoms with E-state index in [0.29, 0.717) is 9.79 Å². The zero-order valence-electron chi connectivity index (χ0n) is 41.6. The van der Waals surface area contributed by atoms with Crippen LogP contribution in [0.1, 0.15) is 230 Å². The topological polar surface area (TPSA) is 80.3 Å². The summed E-state index contributed by atoms with van der Waals surface area (Å²) in [6, 6.07) is 12.8. The predicted octanol–water partition coefficient (Wildman–Crippen LogP) is 16.7. The van der Waals surface area contributed by atoms with Gasteiger partial charge in [-0.15, -0.1) is 0 Å². The Morgan fingerprint density at radius 2 is 0.548 bits per heavy atom. The molecule has 0 aliphatic carbocycles. The second-order valence-electron chi connectivity index (χ2n) is 17.9. The molecule has 2 aromatic rings. The maximum atomic E-state index is 11.0. The van der Waals surface area contributed by atoms with Gasteiger partial charge in [0.05, 0.1) is 61.2 Å². The van der Waals surface area contributed by atoms with Crippen LogP contribution in [0, 0.1) is 0 Å². The molecule has 0 saturated heterocycles. The van der Waals surface area contributed by atoms with Gasteiger partial charge in [0, 0.05) is 35.4 Å². The predicted molar refractivity (Wildman–Crippen MR) is 282 cm³/mol. The molecular weight excluding hydrogens is 839 g/mol. The Kier molecular flexibility index (Phi) is 40.7. The summed E-state index contributed by atoms with van der Waals surface area (Å²) in [5.41, 5.74) is 0.159. The van der Waals surface area contributed by atoms with E-state index in [-0.39, 0.29) is 11.1 Å². The van der Waals surface area contributed by atoms with Crippen molar-refractivity contribution in [3.63, 3.8) is 0 Å². The molecular formula is C54H96O4P2S2. The minimum absolute atomic E-state index is 0.0796. The molecule has 8 heteroatoms. The third-order valence-corrected chi connectivity index (χ3v) is 24.9. The van der Waals surface area contributed by atoms with Crippen molar-refractivity contribution in [3.8, 4) is 0 Å². The number of unbranched alkanes of at least 4 members (excludes halogenated alkanes) is 16. The van der Waals surface area contributed by atoms with Gasteiger partial charge >= 0.3 is 0 Å². The average Bonchev–Trinajstić information content (AvgIpc) is 3.27. The zero-order chi connectivity index (χ0) is 46.2. The highest BCUT2D eigenvalue weighted by molar-refractivity contribution is 8.76. The van der Waals surface area contributed by atoms with Gasteiger partial charge in [0.15, 0.2) is 0 Å². The van der Waals surface area contributed by atoms with E-state index in [1.165, 1.54) is 166 Å². The summed E-state index contributed by atoms with van der Waals surface area (Å²) in [4.78, 5) is 23.0. The molecule has 0 aliphatic heterocycles. The lowest BCUT2D eigenvalue weighted by Crippen LogP contribution is -2.23. The Hall–Kier alpha value is -1.06. The fraction of sp³-hybridized carbons (Fsp3) is 0.741. The molecule has 0 unspecified atom stereocenters. The van der Waals surface area contributed by atoms with E-state index in [9.17, 15) is 19.8 Å². The first-order valence-electron chi connectivity index (χ1n) is 25.7. The van der Waals surface area contributed by atoms with Crippen molar-refractivity contribution in [1.29, 1.82) is 0 Å². The Morgan fingerprint density at radius 1 is 0.355 bits per heavy atom. The minimum atomic E-state index is -1.26. The number of benzene rings is 2. The molecule has 0 amide bonds. The van der Waals surface area contributed by atoms with Crippen LogP contribution in [0.15, 0.2) is 58.3 Å². The lowest BCUT2D eigenvalue weighted by molar-refractivity contribution is -0.256. The van der Waals surface area contributed by atoms with Gasteiger partial charge < -0.3 is 19.8 Å². The van der Waals surface area contributed by atoms with Crippen LogP contribution in [0.5, 0.6) is 0 Å². The van der Waals surface area contributed by atoms with Crippen LogP contribution in [0.25, 0.3) is 0 Å². The number of carboxylic acid groups (broad SMARTS) is 2. The number of carboxylic acids is 2. The van der Waals surface area contributed by atoms with Gasteiger partial charge in [0.2, 0.25) is 0 Å². The van der Waals surface area contributed by atoms with E-state index in [0.717, 1.165) is 21.6 Å². The molecule has 2 rings (SSSR count).